The number of carbonyl (C=O) groups excluding carboxylic acids is 1. The largest absolute Gasteiger partial charge is 1.00 e. The first kappa shape index (κ1) is 15.4. The van der Waals surface area contributed by atoms with Crippen LogP contribution in [-0.4, -0.2) is 12.9 Å². The molecule has 0 amide bonds. The SMILES string of the molecule is COc1cccc(C(=O)C[n+]2cccc(C)c2)c1.[Br-]. The molecule has 0 aliphatic carbocycles. The molecule has 0 aliphatic rings. The highest BCUT2D eigenvalue weighted by Gasteiger charge is 2.12. The molecule has 1 heterocycles. The summed E-state index contributed by atoms with van der Waals surface area (Å²) in [5, 5.41) is 0. The number of pyridine rings is 1. The Morgan fingerprint density at radius 2 is 2.05 bits per heavy atom. The number of benzene rings is 1. The minimum atomic E-state index is 0. The van der Waals surface area contributed by atoms with E-state index in [1.54, 1.807) is 19.2 Å². The number of methoxy groups -OCH3 is 1. The Morgan fingerprint density at radius 1 is 1.26 bits per heavy atom. The molecule has 2 rings (SSSR count). The number of ketones is 1. The van der Waals surface area contributed by atoms with Crippen LogP contribution in [0.1, 0.15) is 15.9 Å². The lowest BCUT2D eigenvalue weighted by atomic mass is 10.1. The first-order valence-corrected chi connectivity index (χ1v) is 5.82. The van der Waals surface area contributed by atoms with Gasteiger partial charge in [0.05, 0.1) is 7.11 Å². The van der Waals surface area contributed by atoms with Gasteiger partial charge in [-0.15, -0.1) is 0 Å². The molecule has 2 aromatic rings. The maximum absolute atomic E-state index is 12.1. The summed E-state index contributed by atoms with van der Waals surface area (Å²) in [6, 6.07) is 11.2. The number of rotatable bonds is 4. The molecule has 0 saturated carbocycles. The average Bonchev–Trinajstić information content (AvgIpc) is 2.39. The maximum Gasteiger partial charge on any atom is 0.227 e. The Bertz CT molecular complexity index is 570. The Balaban J connectivity index is 0.00000180. The van der Waals surface area contributed by atoms with Crippen molar-refractivity contribution in [3.8, 4) is 5.75 Å². The van der Waals surface area contributed by atoms with E-state index in [9.17, 15) is 4.79 Å². The number of halogens is 1. The van der Waals surface area contributed by atoms with Gasteiger partial charge in [0.2, 0.25) is 12.3 Å². The van der Waals surface area contributed by atoms with Gasteiger partial charge in [-0.25, -0.2) is 0 Å². The monoisotopic (exact) mass is 321 g/mol. The van der Waals surface area contributed by atoms with E-state index in [2.05, 4.69) is 0 Å². The molecule has 1 aromatic heterocycles. The summed E-state index contributed by atoms with van der Waals surface area (Å²) in [5.41, 5.74) is 1.80. The van der Waals surface area contributed by atoms with Crippen LogP contribution in [0, 0.1) is 6.92 Å². The van der Waals surface area contributed by atoms with E-state index in [1.807, 2.05) is 48.1 Å². The van der Waals surface area contributed by atoms with Crippen LogP contribution in [0.4, 0.5) is 0 Å². The summed E-state index contributed by atoms with van der Waals surface area (Å²) >= 11 is 0. The second-order valence-corrected chi connectivity index (χ2v) is 4.21. The molecular formula is C15H16BrNO2. The smallest absolute Gasteiger partial charge is 0.227 e. The van der Waals surface area contributed by atoms with Crippen molar-refractivity contribution in [1.82, 2.24) is 0 Å². The molecule has 0 saturated heterocycles. The van der Waals surface area contributed by atoms with E-state index in [0.717, 1.165) is 5.56 Å². The number of ether oxygens (including phenoxy) is 1. The van der Waals surface area contributed by atoms with Gasteiger partial charge < -0.3 is 21.7 Å². The van der Waals surface area contributed by atoms with Crippen molar-refractivity contribution in [3.05, 3.63) is 59.9 Å². The second kappa shape index (κ2) is 7.04. The lowest BCUT2D eigenvalue weighted by Crippen LogP contribution is -3.00. The zero-order valence-electron chi connectivity index (χ0n) is 11.0. The fourth-order valence-electron chi connectivity index (χ4n) is 1.80. The van der Waals surface area contributed by atoms with Crippen LogP contribution in [0.3, 0.4) is 0 Å². The molecule has 0 fully saturated rings. The summed E-state index contributed by atoms with van der Waals surface area (Å²) in [7, 11) is 1.60. The first-order chi connectivity index (χ1) is 8.69. The second-order valence-electron chi connectivity index (χ2n) is 4.21. The van der Waals surface area contributed by atoms with Crippen LogP contribution in [0.25, 0.3) is 0 Å². The molecule has 0 bridgehead atoms. The highest BCUT2D eigenvalue weighted by molar-refractivity contribution is 5.95. The van der Waals surface area contributed by atoms with Gasteiger partial charge in [-0.1, -0.05) is 12.1 Å². The Kier molecular flexibility index (Phi) is 5.70. The molecule has 1 aromatic carbocycles. The quantitative estimate of drug-likeness (QED) is 0.544. The van der Waals surface area contributed by atoms with Gasteiger partial charge in [-0.05, 0) is 25.1 Å². The number of aryl methyl sites for hydroxylation is 1. The van der Waals surface area contributed by atoms with E-state index in [1.165, 1.54) is 0 Å². The van der Waals surface area contributed by atoms with Crippen molar-refractivity contribution in [2.24, 2.45) is 0 Å². The molecule has 0 atom stereocenters. The van der Waals surface area contributed by atoms with Crippen molar-refractivity contribution in [2.45, 2.75) is 13.5 Å². The normalized spacial score (nSPS) is 9.58. The Labute approximate surface area is 123 Å². The van der Waals surface area contributed by atoms with E-state index in [-0.39, 0.29) is 22.8 Å². The maximum atomic E-state index is 12.1. The lowest BCUT2D eigenvalue weighted by molar-refractivity contribution is -0.683. The van der Waals surface area contributed by atoms with Gasteiger partial charge in [0.1, 0.15) is 5.75 Å². The number of hydrogen-bond acceptors (Lipinski definition) is 2. The van der Waals surface area contributed by atoms with Gasteiger partial charge in [-0.3, -0.25) is 4.79 Å². The van der Waals surface area contributed by atoms with Crippen molar-refractivity contribution >= 4 is 5.78 Å². The van der Waals surface area contributed by atoms with Gasteiger partial charge in [0.25, 0.3) is 0 Å². The summed E-state index contributed by atoms with van der Waals surface area (Å²) in [4.78, 5) is 12.1. The van der Waals surface area contributed by atoms with Crippen LogP contribution >= 0.6 is 0 Å². The standard InChI is InChI=1S/C15H16NO2.BrH/c1-12-5-4-8-16(10-12)11-15(17)13-6-3-7-14(9-13)18-2;/h3-10H,11H2,1-2H3;1H/q+1;/p-1. The third-order valence-electron chi connectivity index (χ3n) is 2.72. The lowest BCUT2D eigenvalue weighted by Gasteiger charge is -2.02. The first-order valence-electron chi connectivity index (χ1n) is 5.82. The van der Waals surface area contributed by atoms with Crippen molar-refractivity contribution in [3.63, 3.8) is 0 Å². The average molecular weight is 322 g/mol. The van der Waals surface area contributed by atoms with E-state index < -0.39 is 0 Å². The van der Waals surface area contributed by atoms with Crippen LogP contribution in [-0.2, 0) is 6.54 Å². The molecule has 100 valence electrons. The third kappa shape index (κ3) is 4.17. The minimum Gasteiger partial charge on any atom is -1.00 e. The molecule has 4 heteroatoms. The summed E-state index contributed by atoms with van der Waals surface area (Å²) in [6.45, 7) is 2.35. The van der Waals surface area contributed by atoms with Crippen molar-refractivity contribution in [1.29, 1.82) is 0 Å². The molecule has 0 N–H and O–H groups in total. The molecule has 0 spiro atoms. The van der Waals surface area contributed by atoms with Crippen LogP contribution in [0.2, 0.25) is 0 Å². The molecule has 0 aliphatic heterocycles. The predicted molar refractivity (Wildman–Crippen MR) is 68.7 cm³/mol. The van der Waals surface area contributed by atoms with Gasteiger partial charge in [0, 0.05) is 17.2 Å². The van der Waals surface area contributed by atoms with E-state index >= 15 is 0 Å². The van der Waals surface area contributed by atoms with Gasteiger partial charge in [-0.2, -0.15) is 4.57 Å². The summed E-state index contributed by atoms with van der Waals surface area (Å²) in [5.74, 6) is 0.777. The number of carbonyl (C=O) groups is 1. The summed E-state index contributed by atoms with van der Waals surface area (Å²) in [6.07, 6.45) is 3.85. The van der Waals surface area contributed by atoms with Crippen LogP contribution < -0.4 is 26.3 Å². The van der Waals surface area contributed by atoms with Crippen molar-refractivity contribution in [2.75, 3.05) is 7.11 Å². The highest BCUT2D eigenvalue weighted by Crippen LogP contribution is 2.12. The summed E-state index contributed by atoms with van der Waals surface area (Å²) < 4.78 is 7.00. The number of Topliss-reactive ketones (excluding diaryl/α,β-unsaturated/α-hetero) is 1. The fraction of sp³-hybridized carbons (Fsp3) is 0.200. The van der Waals surface area contributed by atoms with E-state index in [4.69, 9.17) is 4.74 Å². The number of aromatic nitrogens is 1. The topological polar surface area (TPSA) is 30.2 Å². The van der Waals surface area contributed by atoms with Gasteiger partial charge in [0.15, 0.2) is 12.4 Å². The molecule has 0 unspecified atom stereocenters. The molecule has 0 radical (unpaired) electrons. The van der Waals surface area contributed by atoms with E-state index in [0.29, 0.717) is 17.9 Å². The Morgan fingerprint density at radius 3 is 2.74 bits per heavy atom. The molecule has 19 heavy (non-hydrogen) atoms. The van der Waals surface area contributed by atoms with Gasteiger partial charge >= 0.3 is 0 Å². The zero-order valence-corrected chi connectivity index (χ0v) is 12.6. The zero-order chi connectivity index (χ0) is 13.0. The van der Waals surface area contributed by atoms with Crippen LogP contribution in [0.15, 0.2) is 48.8 Å². The van der Waals surface area contributed by atoms with Crippen LogP contribution in [0.5, 0.6) is 5.75 Å². The minimum absolute atomic E-state index is 0. The third-order valence-corrected chi connectivity index (χ3v) is 2.72. The predicted octanol–water partition coefficient (Wildman–Crippen LogP) is -0.822. The number of hydrogen-bond donors (Lipinski definition) is 0. The molecular weight excluding hydrogens is 306 g/mol. The van der Waals surface area contributed by atoms with Crippen molar-refractivity contribution < 1.29 is 31.1 Å². The fourth-order valence-corrected chi connectivity index (χ4v) is 1.80. The molecule has 3 nitrogen and oxygen atoms in total. The number of nitrogens with zero attached hydrogens (tertiary/aromatic N) is 1. The highest BCUT2D eigenvalue weighted by atomic mass is 79.9. The Hall–Kier alpha value is -1.68.